The van der Waals surface area contributed by atoms with E-state index in [9.17, 15) is 9.90 Å². The highest BCUT2D eigenvalue weighted by Crippen LogP contribution is 2.42. The summed E-state index contributed by atoms with van der Waals surface area (Å²) >= 11 is 0. The van der Waals surface area contributed by atoms with Crippen LogP contribution in [0, 0.1) is 0 Å². The van der Waals surface area contributed by atoms with Gasteiger partial charge in [-0.2, -0.15) is 0 Å². The third kappa shape index (κ3) is 3.46. The van der Waals surface area contributed by atoms with Crippen LogP contribution in [-0.4, -0.2) is 53.9 Å². The number of quaternary nitrogens is 1. The quantitative estimate of drug-likeness (QED) is 0.572. The van der Waals surface area contributed by atoms with Crippen molar-refractivity contribution in [3.8, 4) is 0 Å². The maximum atomic E-state index is 12.5. The van der Waals surface area contributed by atoms with Crippen LogP contribution in [0.2, 0.25) is 0 Å². The average molecular weight is 354 g/mol. The Kier molecular flexibility index (Phi) is 6.29. The topological polar surface area (TPSA) is 46.5 Å². The lowest BCUT2D eigenvalue weighted by atomic mass is 9.96. The molecule has 0 spiro atoms. The van der Waals surface area contributed by atoms with Crippen LogP contribution in [-0.2, 0) is 9.53 Å². The first-order valence-electron chi connectivity index (χ1n) is 8.79. The monoisotopic (exact) mass is 353 g/mol. The summed E-state index contributed by atoms with van der Waals surface area (Å²) in [4.78, 5) is 12.5. The van der Waals surface area contributed by atoms with Crippen LogP contribution in [0.15, 0.2) is 30.3 Å². The molecule has 0 amide bonds. The van der Waals surface area contributed by atoms with Gasteiger partial charge in [-0.25, -0.2) is 0 Å². The van der Waals surface area contributed by atoms with E-state index in [0.29, 0.717) is 12.1 Å². The molecular formula is C19H28ClNO3. The Morgan fingerprint density at radius 3 is 2.33 bits per heavy atom. The number of hydrogen-bond acceptors (Lipinski definition) is 3. The molecule has 0 saturated carbocycles. The van der Waals surface area contributed by atoms with E-state index in [1.54, 1.807) is 0 Å². The fourth-order valence-corrected chi connectivity index (χ4v) is 4.55. The number of benzene rings is 1. The predicted octanol–water partition coefficient (Wildman–Crippen LogP) is -0.530. The third-order valence-electron chi connectivity index (χ3n) is 6.20. The maximum Gasteiger partial charge on any atom is 0.316 e. The van der Waals surface area contributed by atoms with Crippen LogP contribution in [0.25, 0.3) is 0 Å². The Bertz CT molecular complexity index is 537. The van der Waals surface area contributed by atoms with E-state index in [4.69, 9.17) is 4.74 Å². The van der Waals surface area contributed by atoms with Gasteiger partial charge < -0.3 is 26.7 Å². The molecule has 1 aromatic rings. The van der Waals surface area contributed by atoms with Gasteiger partial charge in [-0.1, -0.05) is 30.3 Å². The van der Waals surface area contributed by atoms with Crippen LogP contribution in [0.1, 0.15) is 44.1 Å². The minimum atomic E-state index is -0.567. The van der Waals surface area contributed by atoms with Crippen molar-refractivity contribution in [2.24, 2.45) is 0 Å². The standard InChI is InChI=1S/C19H28NO3.ClH/c1-3-20(2)15-9-10-16(20)12-17(11-15)23-19(22)18(13-21)14-7-5-4-6-8-14;/h4-8,15-18,21H,3,9-13H2,1-2H3;1H/q+1;/p-1. The van der Waals surface area contributed by atoms with Crippen LogP contribution >= 0.6 is 0 Å². The van der Waals surface area contributed by atoms with Gasteiger partial charge in [0.2, 0.25) is 0 Å². The molecule has 2 bridgehead atoms. The molecule has 0 aromatic heterocycles. The third-order valence-corrected chi connectivity index (χ3v) is 6.20. The number of aliphatic hydroxyl groups excluding tert-OH is 1. The molecule has 134 valence electrons. The van der Waals surface area contributed by atoms with Crippen molar-refractivity contribution < 1.29 is 31.5 Å². The van der Waals surface area contributed by atoms with Crippen LogP contribution < -0.4 is 12.4 Å². The molecule has 3 atom stereocenters. The van der Waals surface area contributed by atoms with Crippen molar-refractivity contribution in [3.63, 3.8) is 0 Å². The number of carbonyl (C=O) groups is 1. The van der Waals surface area contributed by atoms with Crippen molar-refractivity contribution in [1.82, 2.24) is 0 Å². The Balaban J connectivity index is 0.00000208. The summed E-state index contributed by atoms with van der Waals surface area (Å²) < 4.78 is 6.94. The van der Waals surface area contributed by atoms with Gasteiger partial charge in [0, 0.05) is 25.7 Å². The molecule has 5 heteroatoms. The molecule has 2 fully saturated rings. The molecule has 2 heterocycles. The number of halogens is 1. The predicted molar refractivity (Wildman–Crippen MR) is 88.9 cm³/mol. The summed E-state index contributed by atoms with van der Waals surface area (Å²) in [5.74, 6) is -0.849. The highest BCUT2D eigenvalue weighted by molar-refractivity contribution is 5.78. The van der Waals surface area contributed by atoms with Gasteiger partial charge in [-0.15, -0.1) is 0 Å². The summed E-state index contributed by atoms with van der Waals surface area (Å²) in [5.41, 5.74) is 0.827. The zero-order chi connectivity index (χ0) is 16.4. The molecule has 3 rings (SSSR count). The fraction of sp³-hybridized carbons (Fsp3) is 0.632. The molecular weight excluding hydrogens is 326 g/mol. The van der Waals surface area contributed by atoms with Crippen molar-refractivity contribution >= 4 is 5.97 Å². The van der Waals surface area contributed by atoms with E-state index in [0.717, 1.165) is 29.4 Å². The summed E-state index contributed by atoms with van der Waals surface area (Å²) in [6.45, 7) is 3.21. The number of hydrogen-bond donors (Lipinski definition) is 1. The first-order chi connectivity index (χ1) is 11.1. The Morgan fingerprint density at radius 2 is 1.83 bits per heavy atom. The number of nitrogens with zero attached hydrogens (tertiary/aromatic N) is 1. The van der Waals surface area contributed by atoms with Gasteiger partial charge in [-0.05, 0) is 12.5 Å². The second-order valence-corrected chi connectivity index (χ2v) is 7.22. The summed E-state index contributed by atoms with van der Waals surface area (Å²) in [5, 5.41) is 9.61. The second kappa shape index (κ2) is 7.85. The Labute approximate surface area is 150 Å². The molecule has 2 aliphatic rings. The van der Waals surface area contributed by atoms with Gasteiger partial charge in [0.05, 0.1) is 32.3 Å². The van der Waals surface area contributed by atoms with Gasteiger partial charge in [0.1, 0.15) is 12.0 Å². The fourth-order valence-electron chi connectivity index (χ4n) is 4.55. The van der Waals surface area contributed by atoms with Crippen molar-refractivity contribution in [2.45, 2.75) is 56.7 Å². The number of carbonyl (C=O) groups excluding carboxylic acids is 1. The lowest BCUT2D eigenvalue weighted by Gasteiger charge is -2.46. The number of rotatable bonds is 5. The second-order valence-electron chi connectivity index (χ2n) is 7.22. The van der Waals surface area contributed by atoms with Crippen molar-refractivity contribution in [1.29, 1.82) is 0 Å². The number of aliphatic hydroxyl groups is 1. The Morgan fingerprint density at radius 1 is 1.25 bits per heavy atom. The minimum absolute atomic E-state index is 0. The zero-order valence-electron chi connectivity index (χ0n) is 14.5. The molecule has 0 aliphatic carbocycles. The first kappa shape index (κ1) is 19.2. The van der Waals surface area contributed by atoms with Gasteiger partial charge in [-0.3, -0.25) is 4.79 Å². The molecule has 0 radical (unpaired) electrons. The Hall–Kier alpha value is -1.10. The van der Waals surface area contributed by atoms with E-state index in [1.807, 2.05) is 30.3 Å². The van der Waals surface area contributed by atoms with Crippen molar-refractivity contribution in [3.05, 3.63) is 35.9 Å². The molecule has 24 heavy (non-hydrogen) atoms. The number of esters is 1. The van der Waals surface area contributed by atoms with Crippen LogP contribution in [0.4, 0.5) is 0 Å². The van der Waals surface area contributed by atoms with Gasteiger partial charge >= 0.3 is 5.97 Å². The maximum absolute atomic E-state index is 12.5. The molecule has 1 N–H and O–H groups in total. The molecule has 2 aliphatic heterocycles. The molecule has 3 unspecified atom stereocenters. The first-order valence-corrected chi connectivity index (χ1v) is 8.79. The normalized spacial score (nSPS) is 32.7. The number of ether oxygens (including phenoxy) is 1. The summed E-state index contributed by atoms with van der Waals surface area (Å²) in [7, 11) is 2.35. The van der Waals surface area contributed by atoms with Gasteiger partial charge in [0.15, 0.2) is 0 Å². The minimum Gasteiger partial charge on any atom is -1.00 e. The van der Waals surface area contributed by atoms with E-state index < -0.39 is 5.92 Å². The van der Waals surface area contributed by atoms with E-state index in [1.165, 1.54) is 12.8 Å². The SMILES string of the molecule is CC[N+]1(C)C2CCC1CC(OC(=O)C(CO)c1ccccc1)C2.[Cl-]. The largest absolute Gasteiger partial charge is 1.00 e. The van der Waals surface area contributed by atoms with E-state index >= 15 is 0 Å². The molecule has 2 saturated heterocycles. The van der Waals surface area contributed by atoms with Gasteiger partial charge in [0.25, 0.3) is 0 Å². The summed E-state index contributed by atoms with van der Waals surface area (Å²) in [6.07, 6.45) is 4.41. The van der Waals surface area contributed by atoms with Crippen molar-refractivity contribution in [2.75, 3.05) is 20.2 Å². The number of fused-ring (bicyclic) bond motifs is 2. The lowest BCUT2D eigenvalue weighted by molar-refractivity contribution is -0.947. The van der Waals surface area contributed by atoms with E-state index in [2.05, 4.69) is 14.0 Å². The smallest absolute Gasteiger partial charge is 0.316 e. The zero-order valence-corrected chi connectivity index (χ0v) is 15.3. The lowest BCUT2D eigenvalue weighted by Crippen LogP contribution is -3.00. The number of piperidine rings is 1. The van der Waals surface area contributed by atoms with Crippen LogP contribution in [0.3, 0.4) is 0 Å². The van der Waals surface area contributed by atoms with E-state index in [-0.39, 0.29) is 31.1 Å². The molecule has 1 aromatic carbocycles. The summed E-state index contributed by atoms with van der Waals surface area (Å²) in [6, 6.07) is 10.6. The van der Waals surface area contributed by atoms with Crippen LogP contribution in [0.5, 0.6) is 0 Å². The highest BCUT2D eigenvalue weighted by atomic mass is 35.5. The highest BCUT2D eigenvalue weighted by Gasteiger charge is 2.51. The average Bonchev–Trinajstić information content (AvgIpc) is 2.74. The molecule has 4 nitrogen and oxygen atoms in total.